The van der Waals surface area contributed by atoms with E-state index in [9.17, 15) is 0 Å². The minimum absolute atomic E-state index is 0.598. The standard InChI is InChI=1S/C22H24ClN5/c23-17-1-3-19(4-2-17)28-15-21(20-6-9-24-13-22(20)28)16-7-11-27(12-8-16)14-18-5-10-25-26-18/h1-6,9-10,15-16,24H,7-8,11-14H2,(H,25,26). The number of hydrogen-bond donors (Lipinski definition) is 2. The van der Waals surface area contributed by atoms with Gasteiger partial charge in [-0.25, -0.2) is 0 Å². The van der Waals surface area contributed by atoms with Crippen molar-refractivity contribution in [2.75, 3.05) is 13.1 Å². The fourth-order valence-electron chi connectivity index (χ4n) is 4.42. The number of H-pyrrole nitrogens is 1. The second-order valence-electron chi connectivity index (χ2n) is 7.62. The predicted octanol–water partition coefficient (Wildman–Crippen LogP) is 4.31. The molecular formula is C22H24ClN5. The Balaban J connectivity index is 1.38. The van der Waals surface area contributed by atoms with Gasteiger partial charge in [0.1, 0.15) is 0 Å². The molecule has 2 aliphatic heterocycles. The van der Waals surface area contributed by atoms with Gasteiger partial charge in [0, 0.05) is 40.9 Å². The van der Waals surface area contributed by atoms with Gasteiger partial charge < -0.3 is 9.88 Å². The van der Waals surface area contributed by atoms with E-state index in [1.54, 1.807) is 0 Å². The molecule has 2 aromatic heterocycles. The zero-order valence-electron chi connectivity index (χ0n) is 15.7. The molecule has 2 N–H and O–H groups in total. The van der Waals surface area contributed by atoms with Gasteiger partial charge in [-0.1, -0.05) is 11.6 Å². The molecule has 0 amide bonds. The molecule has 0 unspecified atom stereocenters. The van der Waals surface area contributed by atoms with Crippen LogP contribution in [0, 0.1) is 0 Å². The minimum atomic E-state index is 0.598. The third kappa shape index (κ3) is 3.36. The first kappa shape index (κ1) is 17.6. The number of piperidine rings is 1. The van der Waals surface area contributed by atoms with Crippen LogP contribution in [-0.2, 0) is 13.1 Å². The number of benzene rings is 1. The number of aromatic amines is 1. The van der Waals surface area contributed by atoms with E-state index in [1.807, 2.05) is 18.3 Å². The molecule has 0 radical (unpaired) electrons. The predicted molar refractivity (Wildman–Crippen MR) is 112 cm³/mol. The van der Waals surface area contributed by atoms with Crippen molar-refractivity contribution < 1.29 is 0 Å². The maximum absolute atomic E-state index is 6.09. The van der Waals surface area contributed by atoms with Crippen molar-refractivity contribution in [3.63, 3.8) is 0 Å². The van der Waals surface area contributed by atoms with Crippen molar-refractivity contribution in [3.05, 3.63) is 76.5 Å². The molecule has 5 nitrogen and oxygen atoms in total. The average molecular weight is 394 g/mol. The van der Waals surface area contributed by atoms with Crippen LogP contribution in [-0.4, -0.2) is 32.8 Å². The number of hydrogen-bond acceptors (Lipinski definition) is 3. The minimum Gasteiger partial charge on any atom is -0.385 e. The number of rotatable bonds is 4. The van der Waals surface area contributed by atoms with Gasteiger partial charge in [-0.2, -0.15) is 5.10 Å². The zero-order valence-corrected chi connectivity index (χ0v) is 16.5. The summed E-state index contributed by atoms with van der Waals surface area (Å²) in [5, 5.41) is 11.3. The first-order valence-corrected chi connectivity index (χ1v) is 10.3. The summed E-state index contributed by atoms with van der Waals surface area (Å²) in [4.78, 5) is 2.51. The summed E-state index contributed by atoms with van der Waals surface area (Å²) in [7, 11) is 0. The summed E-state index contributed by atoms with van der Waals surface area (Å²) < 4.78 is 2.33. The van der Waals surface area contributed by atoms with Crippen LogP contribution in [0.1, 0.15) is 41.3 Å². The first-order valence-electron chi connectivity index (χ1n) is 9.89. The highest BCUT2D eigenvalue weighted by Gasteiger charge is 2.26. The zero-order chi connectivity index (χ0) is 18.9. The Kier molecular flexibility index (Phi) is 4.71. The number of halogens is 1. The summed E-state index contributed by atoms with van der Waals surface area (Å²) in [6.45, 7) is 4.01. The third-order valence-electron chi connectivity index (χ3n) is 5.89. The smallest absolute Gasteiger partial charge is 0.0762 e. The molecule has 1 aromatic carbocycles. The first-order chi connectivity index (χ1) is 13.8. The van der Waals surface area contributed by atoms with Gasteiger partial charge in [0.15, 0.2) is 0 Å². The van der Waals surface area contributed by atoms with Gasteiger partial charge in [-0.3, -0.25) is 10.00 Å². The van der Waals surface area contributed by atoms with Crippen LogP contribution in [0.3, 0.4) is 0 Å². The molecule has 0 atom stereocenters. The van der Waals surface area contributed by atoms with Crippen molar-refractivity contribution in [2.24, 2.45) is 0 Å². The van der Waals surface area contributed by atoms with Gasteiger partial charge in [-0.15, -0.1) is 0 Å². The number of likely N-dealkylation sites (tertiary alicyclic amines) is 1. The van der Waals surface area contributed by atoms with E-state index in [4.69, 9.17) is 11.6 Å². The van der Waals surface area contributed by atoms with Crippen LogP contribution in [0.2, 0.25) is 5.02 Å². The van der Waals surface area contributed by atoms with Crippen molar-refractivity contribution in [2.45, 2.75) is 31.8 Å². The van der Waals surface area contributed by atoms with E-state index in [-0.39, 0.29) is 0 Å². The Morgan fingerprint density at radius 1 is 1.11 bits per heavy atom. The lowest BCUT2D eigenvalue weighted by atomic mass is 9.88. The van der Waals surface area contributed by atoms with Crippen molar-refractivity contribution in [1.29, 1.82) is 0 Å². The molecule has 6 heteroatoms. The average Bonchev–Trinajstić information content (AvgIpc) is 3.37. The second-order valence-corrected chi connectivity index (χ2v) is 8.06. The number of aromatic nitrogens is 3. The lowest BCUT2D eigenvalue weighted by Gasteiger charge is -2.31. The Morgan fingerprint density at radius 2 is 1.93 bits per heavy atom. The molecule has 0 aliphatic carbocycles. The summed E-state index contributed by atoms with van der Waals surface area (Å²) in [5.74, 6) is 0.598. The molecule has 144 valence electrons. The number of fused-ring (bicyclic) bond motifs is 1. The van der Waals surface area contributed by atoms with Gasteiger partial charge in [0.2, 0.25) is 0 Å². The molecule has 5 rings (SSSR count). The van der Waals surface area contributed by atoms with Gasteiger partial charge >= 0.3 is 0 Å². The number of nitrogens with one attached hydrogen (secondary N) is 2. The van der Waals surface area contributed by atoms with Crippen molar-refractivity contribution in [1.82, 2.24) is 25.0 Å². The molecule has 4 heterocycles. The highest BCUT2D eigenvalue weighted by atomic mass is 35.5. The van der Waals surface area contributed by atoms with Crippen molar-refractivity contribution >= 4 is 17.7 Å². The maximum atomic E-state index is 6.09. The van der Waals surface area contributed by atoms with Crippen molar-refractivity contribution in [3.8, 4) is 5.69 Å². The monoisotopic (exact) mass is 393 g/mol. The maximum Gasteiger partial charge on any atom is 0.0762 e. The number of nitrogens with zero attached hydrogens (tertiary/aromatic N) is 3. The van der Waals surface area contributed by atoms with Crippen LogP contribution >= 0.6 is 11.6 Å². The molecule has 28 heavy (non-hydrogen) atoms. The molecule has 2 aliphatic rings. The van der Waals surface area contributed by atoms with E-state index in [0.717, 1.165) is 36.9 Å². The Morgan fingerprint density at radius 3 is 2.68 bits per heavy atom. The van der Waals surface area contributed by atoms with E-state index >= 15 is 0 Å². The van der Waals surface area contributed by atoms with Crippen LogP contribution in [0.25, 0.3) is 11.8 Å². The molecule has 0 saturated carbocycles. The molecular weight excluding hydrogens is 370 g/mol. The van der Waals surface area contributed by atoms with Gasteiger partial charge in [0.05, 0.1) is 12.2 Å². The Bertz CT molecular complexity index is 963. The van der Waals surface area contributed by atoms with Gasteiger partial charge in [0.25, 0.3) is 0 Å². The van der Waals surface area contributed by atoms with Crippen LogP contribution in [0.5, 0.6) is 0 Å². The lowest BCUT2D eigenvalue weighted by molar-refractivity contribution is 0.202. The Labute approximate surface area is 170 Å². The largest absolute Gasteiger partial charge is 0.385 e. The van der Waals surface area contributed by atoms with E-state index in [1.165, 1.54) is 35.3 Å². The Hall–Kier alpha value is -2.50. The summed E-state index contributed by atoms with van der Waals surface area (Å²) in [6.07, 6.45) is 10.9. The van der Waals surface area contributed by atoms with E-state index in [2.05, 4.69) is 61.7 Å². The fraction of sp³-hybridized carbons (Fsp3) is 0.318. The molecule has 0 spiro atoms. The topological polar surface area (TPSA) is 48.9 Å². The quantitative estimate of drug-likeness (QED) is 0.694. The molecule has 3 aromatic rings. The fourth-order valence-corrected chi connectivity index (χ4v) is 4.55. The summed E-state index contributed by atoms with van der Waals surface area (Å²) in [5.41, 5.74) is 6.49. The lowest BCUT2D eigenvalue weighted by Crippen LogP contribution is -2.32. The highest BCUT2D eigenvalue weighted by Crippen LogP contribution is 2.36. The summed E-state index contributed by atoms with van der Waals surface area (Å²) >= 11 is 6.09. The van der Waals surface area contributed by atoms with Gasteiger partial charge in [-0.05, 0) is 80.0 Å². The molecule has 1 saturated heterocycles. The SMILES string of the molecule is Clc1ccc(-n2cc(C3CCN(Cc4cc[nH]n4)CC3)c3c2CNC=C3)cc1. The highest BCUT2D eigenvalue weighted by molar-refractivity contribution is 6.30. The third-order valence-corrected chi connectivity index (χ3v) is 6.15. The molecule has 1 fully saturated rings. The van der Waals surface area contributed by atoms with Crippen LogP contribution < -0.4 is 5.32 Å². The van der Waals surface area contributed by atoms with E-state index in [0.29, 0.717) is 5.92 Å². The molecule has 0 bridgehead atoms. The normalized spacial score (nSPS) is 17.5. The summed E-state index contributed by atoms with van der Waals surface area (Å²) in [6, 6.07) is 10.2. The van der Waals surface area contributed by atoms with Crippen LogP contribution in [0.4, 0.5) is 0 Å². The second kappa shape index (κ2) is 7.49. The van der Waals surface area contributed by atoms with E-state index < -0.39 is 0 Å². The van der Waals surface area contributed by atoms with Crippen LogP contribution in [0.15, 0.2) is 48.9 Å².